The Labute approximate surface area is 148 Å². The van der Waals surface area contributed by atoms with Gasteiger partial charge in [0, 0.05) is 26.2 Å². The second kappa shape index (κ2) is 7.22. The van der Waals surface area contributed by atoms with Gasteiger partial charge in [-0.2, -0.15) is 0 Å². The van der Waals surface area contributed by atoms with E-state index in [0.717, 1.165) is 0 Å². The van der Waals surface area contributed by atoms with E-state index in [0.29, 0.717) is 12.1 Å². The first-order valence-electron chi connectivity index (χ1n) is 7.90. The van der Waals surface area contributed by atoms with Crippen LogP contribution in [-0.2, 0) is 4.74 Å². The molecule has 0 aliphatic carbocycles. The minimum atomic E-state index is -1.40. The van der Waals surface area contributed by atoms with Crippen molar-refractivity contribution in [1.82, 2.24) is 9.80 Å². The van der Waals surface area contributed by atoms with Crippen molar-refractivity contribution in [2.75, 3.05) is 26.2 Å². The van der Waals surface area contributed by atoms with Crippen LogP contribution >= 0.6 is 0 Å². The second-order valence-electron chi connectivity index (χ2n) is 6.80. The molecule has 0 unspecified atom stereocenters. The first-order chi connectivity index (χ1) is 12.0. The van der Waals surface area contributed by atoms with Crippen molar-refractivity contribution in [1.29, 1.82) is 0 Å². The lowest BCUT2D eigenvalue weighted by Crippen LogP contribution is -2.51. The van der Waals surface area contributed by atoms with Crippen LogP contribution in [0.2, 0.25) is 0 Å². The molecule has 26 heavy (non-hydrogen) atoms. The van der Waals surface area contributed by atoms with Crippen LogP contribution in [0.25, 0.3) is 0 Å². The zero-order chi connectivity index (χ0) is 19.6. The van der Waals surface area contributed by atoms with Crippen LogP contribution in [0.15, 0.2) is 12.1 Å². The van der Waals surface area contributed by atoms with Gasteiger partial charge < -0.3 is 14.5 Å². The molecule has 1 saturated heterocycles. The molecule has 1 fully saturated rings. The van der Waals surface area contributed by atoms with Crippen LogP contribution < -0.4 is 0 Å². The summed E-state index contributed by atoms with van der Waals surface area (Å²) >= 11 is 0. The summed E-state index contributed by atoms with van der Waals surface area (Å²) in [5.41, 5.74) is -1.99. The molecule has 2 amide bonds. The van der Waals surface area contributed by atoms with E-state index in [-0.39, 0.29) is 26.2 Å². The minimum Gasteiger partial charge on any atom is -0.444 e. The van der Waals surface area contributed by atoms with Crippen LogP contribution in [0, 0.1) is 21.7 Å². The lowest BCUT2D eigenvalue weighted by molar-refractivity contribution is -0.385. The normalized spacial score (nSPS) is 15.0. The molecule has 142 valence electrons. The van der Waals surface area contributed by atoms with E-state index in [1.165, 1.54) is 9.80 Å². The summed E-state index contributed by atoms with van der Waals surface area (Å²) in [6.07, 6.45) is -0.525. The van der Waals surface area contributed by atoms with E-state index >= 15 is 0 Å². The first-order valence-corrected chi connectivity index (χ1v) is 7.90. The Morgan fingerprint density at radius 3 is 2.08 bits per heavy atom. The monoisotopic (exact) mass is 371 g/mol. The van der Waals surface area contributed by atoms with Crippen molar-refractivity contribution in [2.24, 2.45) is 0 Å². The smallest absolute Gasteiger partial charge is 0.410 e. The Morgan fingerprint density at radius 1 is 1.08 bits per heavy atom. The van der Waals surface area contributed by atoms with Crippen LogP contribution in [0.3, 0.4) is 0 Å². The number of hydrogen-bond acceptors (Lipinski definition) is 5. The molecule has 0 atom stereocenters. The topological polar surface area (TPSA) is 93.0 Å². The molecule has 1 aliphatic heterocycles. The summed E-state index contributed by atoms with van der Waals surface area (Å²) in [4.78, 5) is 37.2. The van der Waals surface area contributed by atoms with Gasteiger partial charge in [-0.3, -0.25) is 14.9 Å². The molecular weight excluding hydrogens is 352 g/mol. The highest BCUT2D eigenvalue weighted by Gasteiger charge is 2.31. The van der Waals surface area contributed by atoms with Gasteiger partial charge in [-0.25, -0.2) is 13.6 Å². The number of halogens is 2. The molecule has 2 rings (SSSR count). The number of nitro benzene ring substituents is 1. The lowest BCUT2D eigenvalue weighted by atomic mass is 10.1. The van der Waals surface area contributed by atoms with Gasteiger partial charge in [0.05, 0.1) is 11.0 Å². The highest BCUT2D eigenvalue weighted by Crippen LogP contribution is 2.24. The summed E-state index contributed by atoms with van der Waals surface area (Å²) in [7, 11) is 0. The zero-order valence-corrected chi connectivity index (χ0v) is 14.6. The molecule has 0 radical (unpaired) electrons. The predicted molar refractivity (Wildman–Crippen MR) is 86.7 cm³/mol. The number of nitro groups is 1. The second-order valence-corrected chi connectivity index (χ2v) is 6.80. The third kappa shape index (κ3) is 4.44. The van der Waals surface area contributed by atoms with E-state index in [1.54, 1.807) is 20.8 Å². The van der Waals surface area contributed by atoms with E-state index in [9.17, 15) is 28.5 Å². The van der Waals surface area contributed by atoms with Gasteiger partial charge in [-0.05, 0) is 26.8 Å². The van der Waals surface area contributed by atoms with Gasteiger partial charge in [0.2, 0.25) is 0 Å². The molecule has 1 heterocycles. The molecule has 0 aromatic heterocycles. The average Bonchev–Trinajstić information content (AvgIpc) is 2.54. The number of piperazine rings is 1. The number of hydrogen-bond donors (Lipinski definition) is 0. The number of ether oxygens (including phenoxy) is 1. The molecule has 0 bridgehead atoms. The van der Waals surface area contributed by atoms with Crippen molar-refractivity contribution in [3.05, 3.63) is 39.4 Å². The standard InChI is InChI=1S/C16H19F2N3O5/c1-16(2,3)26-15(23)20-6-4-19(5-7-20)14(22)10-8-11(17)12(18)9-13(10)21(24)25/h8-9H,4-7H2,1-3H3. The zero-order valence-electron chi connectivity index (χ0n) is 14.6. The summed E-state index contributed by atoms with van der Waals surface area (Å²) in [5.74, 6) is -3.53. The highest BCUT2D eigenvalue weighted by atomic mass is 19.2. The van der Waals surface area contributed by atoms with Crippen LogP contribution in [0.4, 0.5) is 19.3 Å². The third-order valence-electron chi connectivity index (χ3n) is 3.68. The fourth-order valence-electron chi connectivity index (χ4n) is 2.45. The molecule has 0 saturated carbocycles. The fraction of sp³-hybridized carbons (Fsp3) is 0.500. The number of amides is 2. The van der Waals surface area contributed by atoms with E-state index in [4.69, 9.17) is 4.74 Å². The maximum Gasteiger partial charge on any atom is 0.410 e. The molecular formula is C16H19F2N3O5. The quantitative estimate of drug-likeness (QED) is 0.588. The van der Waals surface area contributed by atoms with Crippen molar-refractivity contribution < 1.29 is 28.0 Å². The van der Waals surface area contributed by atoms with E-state index < -0.39 is 45.4 Å². The Hall–Kier alpha value is -2.78. The summed E-state index contributed by atoms with van der Waals surface area (Å²) in [5, 5.41) is 11.0. The molecule has 1 aromatic carbocycles. The summed E-state index contributed by atoms with van der Waals surface area (Å²) < 4.78 is 31.9. The SMILES string of the molecule is CC(C)(C)OC(=O)N1CCN(C(=O)c2cc(F)c(F)cc2[N+](=O)[O-])CC1. The first kappa shape index (κ1) is 19.5. The maximum absolute atomic E-state index is 13.4. The molecule has 0 N–H and O–H groups in total. The van der Waals surface area contributed by atoms with Crippen LogP contribution in [0.5, 0.6) is 0 Å². The van der Waals surface area contributed by atoms with Crippen molar-refractivity contribution in [2.45, 2.75) is 26.4 Å². The Bertz CT molecular complexity index is 740. The van der Waals surface area contributed by atoms with Gasteiger partial charge in [-0.1, -0.05) is 0 Å². The van der Waals surface area contributed by atoms with Gasteiger partial charge in [0.15, 0.2) is 11.6 Å². The van der Waals surface area contributed by atoms with Crippen molar-refractivity contribution in [3.63, 3.8) is 0 Å². The third-order valence-corrected chi connectivity index (χ3v) is 3.68. The fourth-order valence-corrected chi connectivity index (χ4v) is 2.45. The lowest BCUT2D eigenvalue weighted by Gasteiger charge is -2.35. The van der Waals surface area contributed by atoms with Crippen LogP contribution in [0.1, 0.15) is 31.1 Å². The highest BCUT2D eigenvalue weighted by molar-refractivity contribution is 5.98. The van der Waals surface area contributed by atoms with Crippen molar-refractivity contribution >= 4 is 17.7 Å². The number of benzene rings is 1. The molecule has 1 aromatic rings. The number of carbonyl (C=O) groups is 2. The van der Waals surface area contributed by atoms with E-state index in [1.807, 2.05) is 0 Å². The van der Waals surface area contributed by atoms with Crippen LogP contribution in [-0.4, -0.2) is 58.5 Å². The van der Waals surface area contributed by atoms with Crippen molar-refractivity contribution in [3.8, 4) is 0 Å². The van der Waals surface area contributed by atoms with Gasteiger partial charge in [0.25, 0.3) is 11.6 Å². The summed E-state index contributed by atoms with van der Waals surface area (Å²) in [6.45, 7) is 5.70. The Balaban J connectivity index is 2.11. The maximum atomic E-state index is 13.4. The average molecular weight is 371 g/mol. The van der Waals surface area contributed by atoms with Gasteiger partial charge in [-0.15, -0.1) is 0 Å². The Kier molecular flexibility index (Phi) is 5.43. The number of carbonyl (C=O) groups excluding carboxylic acids is 2. The summed E-state index contributed by atoms with van der Waals surface area (Å²) in [6, 6.07) is 0.912. The molecule has 10 heteroatoms. The van der Waals surface area contributed by atoms with E-state index in [2.05, 4.69) is 0 Å². The largest absolute Gasteiger partial charge is 0.444 e. The molecule has 8 nitrogen and oxygen atoms in total. The number of rotatable bonds is 2. The molecule has 1 aliphatic rings. The molecule has 0 spiro atoms. The van der Waals surface area contributed by atoms with Gasteiger partial charge >= 0.3 is 6.09 Å². The minimum absolute atomic E-state index is 0.0915. The number of nitrogens with zero attached hydrogens (tertiary/aromatic N) is 3. The van der Waals surface area contributed by atoms with Gasteiger partial charge in [0.1, 0.15) is 11.2 Å². The predicted octanol–water partition coefficient (Wildman–Crippen LogP) is 2.57. The Morgan fingerprint density at radius 2 is 1.58 bits per heavy atom.